The Kier molecular flexibility index (Phi) is 5.77. The van der Waals surface area contributed by atoms with Crippen molar-refractivity contribution in [2.75, 3.05) is 6.61 Å². The van der Waals surface area contributed by atoms with E-state index >= 15 is 0 Å². The topological polar surface area (TPSA) is 41.6 Å². The lowest BCUT2D eigenvalue weighted by Gasteiger charge is -2.29. The minimum Gasteiger partial charge on any atom is -0.480 e. The van der Waals surface area contributed by atoms with E-state index in [1.165, 1.54) is 6.42 Å². The Balaban J connectivity index is 1.87. The summed E-state index contributed by atoms with van der Waals surface area (Å²) in [5, 5.41) is 3.55. The van der Waals surface area contributed by atoms with Crippen molar-refractivity contribution < 1.29 is 9.53 Å². The molecule has 1 aromatic carbocycles. The summed E-state index contributed by atoms with van der Waals surface area (Å²) in [6, 6.07) is 5.79. The van der Waals surface area contributed by atoms with Gasteiger partial charge in [0.15, 0.2) is 5.11 Å². The van der Waals surface area contributed by atoms with Crippen LogP contribution in [0.2, 0.25) is 0 Å². The van der Waals surface area contributed by atoms with Gasteiger partial charge in [0.05, 0.1) is 0 Å². The molecule has 0 unspecified atom stereocenters. The molecule has 1 aliphatic carbocycles. The number of benzene rings is 1. The van der Waals surface area contributed by atoms with Crippen molar-refractivity contribution >= 4 is 45.2 Å². The standard InChI is InChI=1S/C19H19BrN2O2S/c1-2-10-24-17-9-8-14(20)11-13(17)12-16-18(23)22(19(25)21-16)15-6-4-3-5-7-15/h1,8-9,11-12,15H,3-7,10H2,(H,21,25)/b16-12-. The second kappa shape index (κ2) is 8.03. The number of nitrogens with zero attached hydrogens (tertiary/aromatic N) is 1. The van der Waals surface area contributed by atoms with Gasteiger partial charge >= 0.3 is 0 Å². The van der Waals surface area contributed by atoms with Gasteiger partial charge in [0.1, 0.15) is 18.1 Å². The molecule has 130 valence electrons. The summed E-state index contributed by atoms with van der Waals surface area (Å²) in [5.74, 6) is 3.01. The molecule has 0 spiro atoms. The number of rotatable bonds is 4. The number of hydrogen-bond acceptors (Lipinski definition) is 3. The normalized spacial score (nSPS) is 19.8. The second-order valence-electron chi connectivity index (χ2n) is 6.13. The van der Waals surface area contributed by atoms with Crippen LogP contribution in [0.3, 0.4) is 0 Å². The maximum absolute atomic E-state index is 12.9. The number of halogens is 1. The van der Waals surface area contributed by atoms with Gasteiger partial charge in [-0.2, -0.15) is 0 Å². The Morgan fingerprint density at radius 3 is 2.88 bits per heavy atom. The lowest BCUT2D eigenvalue weighted by atomic mass is 9.94. The van der Waals surface area contributed by atoms with E-state index in [0.29, 0.717) is 16.6 Å². The Morgan fingerprint density at radius 1 is 1.40 bits per heavy atom. The highest BCUT2D eigenvalue weighted by Gasteiger charge is 2.36. The average molecular weight is 419 g/mol. The molecule has 1 amide bonds. The summed E-state index contributed by atoms with van der Waals surface area (Å²) in [6.07, 6.45) is 12.6. The Morgan fingerprint density at radius 2 is 2.16 bits per heavy atom. The van der Waals surface area contributed by atoms with E-state index in [1.807, 2.05) is 18.2 Å². The first-order valence-electron chi connectivity index (χ1n) is 8.32. The van der Waals surface area contributed by atoms with Gasteiger partial charge in [0.25, 0.3) is 5.91 Å². The van der Waals surface area contributed by atoms with Crippen LogP contribution in [0.5, 0.6) is 5.75 Å². The number of thiocarbonyl (C=S) groups is 1. The zero-order chi connectivity index (χ0) is 17.8. The van der Waals surface area contributed by atoms with Crippen LogP contribution >= 0.6 is 28.1 Å². The van der Waals surface area contributed by atoms with Crippen LogP contribution < -0.4 is 10.1 Å². The molecule has 0 aromatic heterocycles. The quantitative estimate of drug-likeness (QED) is 0.457. The van der Waals surface area contributed by atoms with E-state index in [1.54, 1.807) is 11.0 Å². The van der Waals surface area contributed by atoms with Crippen LogP contribution in [0.15, 0.2) is 28.4 Å². The lowest BCUT2D eigenvalue weighted by molar-refractivity contribution is -0.124. The third-order valence-corrected chi connectivity index (χ3v) is 5.22. The number of amides is 1. The fraction of sp³-hybridized carbons (Fsp3) is 0.368. The first-order valence-corrected chi connectivity index (χ1v) is 9.52. The van der Waals surface area contributed by atoms with E-state index in [0.717, 1.165) is 35.7 Å². The second-order valence-corrected chi connectivity index (χ2v) is 7.43. The summed E-state index contributed by atoms with van der Waals surface area (Å²) in [5.41, 5.74) is 1.24. The number of terminal acetylenes is 1. The van der Waals surface area contributed by atoms with Gasteiger partial charge in [-0.05, 0) is 49.3 Å². The van der Waals surface area contributed by atoms with Gasteiger partial charge in [0.2, 0.25) is 0 Å². The molecule has 1 saturated heterocycles. The molecule has 1 aromatic rings. The van der Waals surface area contributed by atoms with Gasteiger partial charge < -0.3 is 10.1 Å². The molecule has 25 heavy (non-hydrogen) atoms. The van der Waals surface area contributed by atoms with Crippen LogP contribution in [0, 0.1) is 12.3 Å². The van der Waals surface area contributed by atoms with Crippen LogP contribution in [0.25, 0.3) is 6.08 Å². The largest absolute Gasteiger partial charge is 0.480 e. The molecule has 1 N–H and O–H groups in total. The number of carbonyl (C=O) groups excluding carboxylic acids is 1. The number of carbonyl (C=O) groups is 1. The van der Waals surface area contributed by atoms with Crippen molar-refractivity contribution in [1.82, 2.24) is 10.2 Å². The summed E-state index contributed by atoms with van der Waals surface area (Å²) < 4.78 is 6.46. The van der Waals surface area contributed by atoms with Gasteiger partial charge in [-0.3, -0.25) is 9.69 Å². The van der Waals surface area contributed by atoms with Gasteiger partial charge in [-0.25, -0.2) is 0 Å². The fourth-order valence-corrected chi connectivity index (χ4v) is 3.98. The molecule has 1 saturated carbocycles. The van der Waals surface area contributed by atoms with Crippen LogP contribution in [-0.4, -0.2) is 28.6 Å². The zero-order valence-electron chi connectivity index (χ0n) is 13.8. The summed E-state index contributed by atoms with van der Waals surface area (Å²) in [6.45, 7) is 0.172. The first-order chi connectivity index (χ1) is 12.1. The van der Waals surface area contributed by atoms with E-state index in [2.05, 4.69) is 27.2 Å². The monoisotopic (exact) mass is 418 g/mol. The van der Waals surface area contributed by atoms with Gasteiger partial charge in [-0.1, -0.05) is 41.1 Å². The molecule has 0 radical (unpaired) electrons. The highest BCUT2D eigenvalue weighted by Crippen LogP contribution is 2.29. The number of hydrogen-bond donors (Lipinski definition) is 1. The molecule has 0 atom stereocenters. The van der Waals surface area contributed by atoms with Crippen molar-refractivity contribution in [3.05, 3.63) is 33.9 Å². The molecule has 1 aliphatic heterocycles. The van der Waals surface area contributed by atoms with Crippen molar-refractivity contribution in [1.29, 1.82) is 0 Å². The molecule has 2 fully saturated rings. The molecule has 0 bridgehead atoms. The third kappa shape index (κ3) is 4.05. The number of ether oxygens (including phenoxy) is 1. The number of nitrogens with one attached hydrogen (secondary N) is 1. The molecule has 1 heterocycles. The minimum absolute atomic E-state index is 0.0697. The highest BCUT2D eigenvalue weighted by atomic mass is 79.9. The predicted molar refractivity (Wildman–Crippen MR) is 106 cm³/mol. The molecule has 3 rings (SSSR count). The Hall–Kier alpha value is -1.84. The van der Waals surface area contributed by atoms with Crippen molar-refractivity contribution in [3.63, 3.8) is 0 Å². The first kappa shape index (κ1) is 18.0. The van der Waals surface area contributed by atoms with Gasteiger partial charge in [0, 0.05) is 16.1 Å². The molecular weight excluding hydrogens is 400 g/mol. The minimum atomic E-state index is -0.0697. The lowest BCUT2D eigenvalue weighted by Crippen LogP contribution is -2.41. The van der Waals surface area contributed by atoms with Gasteiger partial charge in [-0.15, -0.1) is 6.42 Å². The van der Waals surface area contributed by atoms with E-state index in [-0.39, 0.29) is 18.6 Å². The Bertz CT molecular complexity index is 763. The predicted octanol–water partition coefficient (Wildman–Crippen LogP) is 3.85. The maximum Gasteiger partial charge on any atom is 0.276 e. The van der Waals surface area contributed by atoms with Crippen molar-refractivity contribution in [2.24, 2.45) is 0 Å². The fourth-order valence-electron chi connectivity index (χ4n) is 3.26. The summed E-state index contributed by atoms with van der Waals surface area (Å²) >= 11 is 8.86. The zero-order valence-corrected chi connectivity index (χ0v) is 16.2. The molecule has 2 aliphatic rings. The average Bonchev–Trinajstić information content (AvgIpc) is 2.88. The highest BCUT2D eigenvalue weighted by molar-refractivity contribution is 9.10. The Labute approximate surface area is 161 Å². The third-order valence-electron chi connectivity index (χ3n) is 4.43. The van der Waals surface area contributed by atoms with E-state index in [9.17, 15) is 4.79 Å². The van der Waals surface area contributed by atoms with Crippen LogP contribution in [0.1, 0.15) is 37.7 Å². The van der Waals surface area contributed by atoms with Crippen molar-refractivity contribution in [2.45, 2.75) is 38.1 Å². The molecule has 6 heteroatoms. The maximum atomic E-state index is 12.9. The SMILES string of the molecule is C#CCOc1ccc(Br)cc1/C=C1\NC(=S)N(C2CCCCC2)C1=O. The van der Waals surface area contributed by atoms with E-state index < -0.39 is 0 Å². The smallest absolute Gasteiger partial charge is 0.276 e. The summed E-state index contributed by atoms with van der Waals surface area (Å²) in [4.78, 5) is 14.6. The molecule has 4 nitrogen and oxygen atoms in total. The van der Waals surface area contributed by atoms with E-state index in [4.69, 9.17) is 23.4 Å². The molecular formula is C19H19BrN2O2S. The van der Waals surface area contributed by atoms with Crippen molar-refractivity contribution in [3.8, 4) is 18.1 Å². The van der Waals surface area contributed by atoms with Crippen LogP contribution in [-0.2, 0) is 4.79 Å². The summed E-state index contributed by atoms with van der Waals surface area (Å²) in [7, 11) is 0. The van der Waals surface area contributed by atoms with Crippen LogP contribution in [0.4, 0.5) is 0 Å².